The van der Waals surface area contributed by atoms with E-state index in [0.29, 0.717) is 0 Å². The minimum absolute atomic E-state index is 0.000180. The van der Waals surface area contributed by atoms with Gasteiger partial charge in [0, 0.05) is 5.56 Å². The number of rotatable bonds is 3. The molecular formula is C19H21N3O2. The molecule has 1 unspecified atom stereocenters. The van der Waals surface area contributed by atoms with Crippen LogP contribution in [-0.2, 0) is 16.0 Å². The van der Waals surface area contributed by atoms with Crippen LogP contribution in [0.5, 0.6) is 0 Å². The molecule has 0 bridgehead atoms. The number of anilines is 1. The standard InChI is InChI=1S/C19H21N3O2/c1-4-14-9-8-12-16-13(2)22(15-10-6-5-7-11-15)21-18(19(23)24-3)20-17(14)16/h5-13H,4H2,1-3H3,(H,20,21). The maximum Gasteiger partial charge on any atom is 0.375 e. The maximum absolute atomic E-state index is 12.2. The predicted octanol–water partition coefficient (Wildman–Crippen LogP) is 3.54. The van der Waals surface area contributed by atoms with E-state index in [1.807, 2.05) is 47.5 Å². The summed E-state index contributed by atoms with van der Waals surface area (Å²) < 4.78 is 4.89. The number of ether oxygens (including phenoxy) is 1. The van der Waals surface area contributed by atoms with Crippen molar-refractivity contribution < 1.29 is 9.53 Å². The first kappa shape index (κ1) is 16.1. The highest BCUT2D eigenvalue weighted by Gasteiger charge is 2.28. The van der Waals surface area contributed by atoms with Crippen molar-refractivity contribution in [3.63, 3.8) is 0 Å². The van der Waals surface area contributed by atoms with Crippen molar-refractivity contribution in [2.75, 3.05) is 12.1 Å². The summed E-state index contributed by atoms with van der Waals surface area (Å²) in [6.45, 7) is 4.18. The van der Waals surface area contributed by atoms with Crippen LogP contribution < -0.4 is 10.4 Å². The number of hydrogen-bond donors (Lipinski definition) is 1. The number of amidine groups is 1. The maximum atomic E-state index is 12.2. The Balaban J connectivity index is 2.17. The van der Waals surface area contributed by atoms with Crippen LogP contribution >= 0.6 is 0 Å². The summed E-state index contributed by atoms with van der Waals surface area (Å²) in [7, 11) is 1.36. The van der Waals surface area contributed by atoms with Crippen molar-refractivity contribution in [2.24, 2.45) is 4.99 Å². The summed E-state index contributed by atoms with van der Waals surface area (Å²) in [6, 6.07) is 16.0. The van der Waals surface area contributed by atoms with Gasteiger partial charge in [0.2, 0.25) is 5.84 Å². The lowest BCUT2D eigenvalue weighted by atomic mass is 10.00. The number of aryl methyl sites for hydroxylation is 1. The number of hydrogen-bond acceptors (Lipinski definition) is 5. The van der Waals surface area contributed by atoms with Gasteiger partial charge in [-0.1, -0.05) is 43.3 Å². The zero-order valence-corrected chi connectivity index (χ0v) is 14.1. The number of aliphatic imine (C=N–C) groups is 1. The second-order valence-electron chi connectivity index (χ2n) is 5.65. The first-order valence-corrected chi connectivity index (χ1v) is 8.05. The van der Waals surface area contributed by atoms with E-state index in [4.69, 9.17) is 4.74 Å². The molecule has 0 aliphatic carbocycles. The lowest BCUT2D eigenvalue weighted by Gasteiger charge is -2.31. The Morgan fingerprint density at radius 3 is 2.62 bits per heavy atom. The highest BCUT2D eigenvalue weighted by Crippen LogP contribution is 2.36. The van der Waals surface area contributed by atoms with Gasteiger partial charge in [0.05, 0.1) is 24.5 Å². The van der Waals surface area contributed by atoms with Crippen LogP contribution in [0.2, 0.25) is 0 Å². The van der Waals surface area contributed by atoms with Gasteiger partial charge in [0.1, 0.15) is 0 Å². The average Bonchev–Trinajstić information content (AvgIpc) is 2.78. The Morgan fingerprint density at radius 1 is 1.21 bits per heavy atom. The van der Waals surface area contributed by atoms with Crippen LogP contribution in [-0.4, -0.2) is 18.9 Å². The zero-order chi connectivity index (χ0) is 17.1. The highest BCUT2D eigenvalue weighted by atomic mass is 16.5. The molecule has 5 heteroatoms. The fourth-order valence-corrected chi connectivity index (χ4v) is 2.92. The predicted molar refractivity (Wildman–Crippen MR) is 95.4 cm³/mol. The van der Waals surface area contributed by atoms with Gasteiger partial charge >= 0.3 is 5.97 Å². The molecule has 124 valence electrons. The second kappa shape index (κ2) is 6.74. The van der Waals surface area contributed by atoms with E-state index in [-0.39, 0.29) is 11.9 Å². The number of fused-ring (bicyclic) bond motifs is 1. The molecule has 0 radical (unpaired) electrons. The Hall–Kier alpha value is -2.82. The number of nitrogens with one attached hydrogen (secondary N) is 1. The van der Waals surface area contributed by atoms with Gasteiger partial charge in [-0.05, 0) is 31.0 Å². The molecule has 2 aromatic rings. The lowest BCUT2D eigenvalue weighted by Crippen LogP contribution is -2.46. The van der Waals surface area contributed by atoms with E-state index in [1.165, 1.54) is 7.11 Å². The number of carbonyl (C=O) groups excluding carboxylic acids is 1. The summed E-state index contributed by atoms with van der Waals surface area (Å²) in [5.41, 5.74) is 7.12. The topological polar surface area (TPSA) is 53.9 Å². The van der Waals surface area contributed by atoms with Gasteiger partial charge < -0.3 is 4.74 Å². The van der Waals surface area contributed by atoms with Crippen LogP contribution in [0.15, 0.2) is 53.5 Å². The van der Waals surface area contributed by atoms with Crippen molar-refractivity contribution in [2.45, 2.75) is 26.3 Å². The highest BCUT2D eigenvalue weighted by molar-refractivity contribution is 6.36. The van der Waals surface area contributed by atoms with Gasteiger partial charge in [-0.15, -0.1) is 0 Å². The minimum Gasteiger partial charge on any atom is -0.463 e. The lowest BCUT2D eigenvalue weighted by molar-refractivity contribution is -0.133. The van der Waals surface area contributed by atoms with E-state index in [0.717, 1.165) is 28.9 Å². The third kappa shape index (κ3) is 2.85. The summed E-state index contributed by atoms with van der Waals surface area (Å²) in [5, 5.41) is 1.95. The molecule has 5 nitrogen and oxygen atoms in total. The molecule has 0 fully saturated rings. The molecule has 3 rings (SSSR count). The first-order chi connectivity index (χ1) is 11.7. The van der Waals surface area contributed by atoms with Crippen molar-refractivity contribution in [1.29, 1.82) is 0 Å². The Morgan fingerprint density at radius 2 is 1.96 bits per heavy atom. The van der Waals surface area contributed by atoms with E-state index >= 15 is 0 Å². The number of benzene rings is 2. The van der Waals surface area contributed by atoms with Crippen LogP contribution in [0.3, 0.4) is 0 Å². The van der Waals surface area contributed by atoms with E-state index < -0.39 is 5.97 Å². The van der Waals surface area contributed by atoms with Crippen molar-refractivity contribution in [1.82, 2.24) is 5.43 Å². The average molecular weight is 323 g/mol. The molecular weight excluding hydrogens is 302 g/mol. The van der Waals surface area contributed by atoms with Crippen molar-refractivity contribution in [3.05, 3.63) is 59.7 Å². The molecule has 0 spiro atoms. The third-order valence-corrected chi connectivity index (χ3v) is 4.23. The molecule has 1 N–H and O–H groups in total. The van der Waals surface area contributed by atoms with Crippen LogP contribution in [0.25, 0.3) is 0 Å². The Bertz CT molecular complexity index is 771. The van der Waals surface area contributed by atoms with Crippen LogP contribution in [0.4, 0.5) is 11.4 Å². The SMILES string of the molecule is CCc1cccc2c1N=C(C(=O)OC)NN(c1ccccc1)C2C. The molecule has 0 saturated carbocycles. The number of hydrazine groups is 1. The monoisotopic (exact) mass is 323 g/mol. The fraction of sp³-hybridized carbons (Fsp3) is 0.263. The van der Waals surface area contributed by atoms with E-state index in [1.54, 1.807) is 0 Å². The third-order valence-electron chi connectivity index (χ3n) is 4.23. The first-order valence-electron chi connectivity index (χ1n) is 8.05. The van der Waals surface area contributed by atoms with Crippen molar-refractivity contribution in [3.8, 4) is 0 Å². The molecule has 2 aromatic carbocycles. The molecule has 0 aromatic heterocycles. The Kier molecular flexibility index (Phi) is 4.51. The van der Waals surface area contributed by atoms with Crippen molar-refractivity contribution >= 4 is 23.2 Å². The van der Waals surface area contributed by atoms with E-state index in [2.05, 4.69) is 30.3 Å². The van der Waals surface area contributed by atoms with Crippen LogP contribution in [0, 0.1) is 0 Å². The van der Waals surface area contributed by atoms with Gasteiger partial charge in [-0.2, -0.15) is 0 Å². The molecule has 1 heterocycles. The second-order valence-corrected chi connectivity index (χ2v) is 5.65. The number of methoxy groups -OCH3 is 1. The molecule has 1 atom stereocenters. The van der Waals surface area contributed by atoms with Crippen LogP contribution in [0.1, 0.15) is 31.0 Å². The molecule has 0 amide bonds. The summed E-state index contributed by atoms with van der Waals surface area (Å²) >= 11 is 0. The van der Waals surface area contributed by atoms with Gasteiger partial charge in [-0.25, -0.2) is 9.79 Å². The summed E-state index contributed by atoms with van der Waals surface area (Å²) in [4.78, 5) is 16.8. The number of para-hydroxylation sites is 2. The molecule has 24 heavy (non-hydrogen) atoms. The number of nitrogens with zero attached hydrogens (tertiary/aromatic N) is 2. The molecule has 1 aliphatic heterocycles. The van der Waals surface area contributed by atoms with E-state index in [9.17, 15) is 4.79 Å². The summed E-state index contributed by atoms with van der Waals surface area (Å²) in [5.74, 6) is -0.297. The smallest absolute Gasteiger partial charge is 0.375 e. The summed E-state index contributed by atoms with van der Waals surface area (Å²) in [6.07, 6.45) is 0.846. The number of esters is 1. The Labute approximate surface area is 141 Å². The normalized spacial score (nSPS) is 16.5. The quantitative estimate of drug-likeness (QED) is 0.878. The van der Waals surface area contributed by atoms with Gasteiger partial charge in [0.15, 0.2) is 0 Å². The molecule has 0 saturated heterocycles. The number of carbonyl (C=O) groups is 1. The zero-order valence-electron chi connectivity index (χ0n) is 14.1. The largest absolute Gasteiger partial charge is 0.463 e. The van der Waals surface area contributed by atoms with Gasteiger partial charge in [0.25, 0.3) is 0 Å². The fourth-order valence-electron chi connectivity index (χ4n) is 2.92. The minimum atomic E-state index is -0.484. The molecule has 1 aliphatic rings. The van der Waals surface area contributed by atoms with Gasteiger partial charge in [-0.3, -0.25) is 10.4 Å².